The van der Waals surface area contributed by atoms with E-state index < -0.39 is 23.1 Å². The fourth-order valence-corrected chi connectivity index (χ4v) is 4.22. The third-order valence-electron chi connectivity index (χ3n) is 7.57. The molecule has 0 amide bonds. The zero-order valence-electron chi connectivity index (χ0n) is 25.6. The van der Waals surface area contributed by atoms with E-state index in [2.05, 4.69) is 9.97 Å². The maximum absolute atomic E-state index is 13.3. The van der Waals surface area contributed by atoms with Gasteiger partial charge in [-0.05, 0) is 58.0 Å². The van der Waals surface area contributed by atoms with Gasteiger partial charge in [-0.1, -0.05) is 78.3 Å². The van der Waals surface area contributed by atoms with Crippen LogP contribution in [0.5, 0.6) is 11.5 Å². The van der Waals surface area contributed by atoms with E-state index in [0.29, 0.717) is 5.46 Å². The highest BCUT2D eigenvalue weighted by Gasteiger charge is 2.35. The quantitative estimate of drug-likeness (QED) is 0.159. The lowest BCUT2D eigenvalue weighted by molar-refractivity contribution is -0.0893. The monoisotopic (exact) mass is 600 g/mol. The molecule has 3 aromatic carbocycles. The molecule has 0 saturated heterocycles. The van der Waals surface area contributed by atoms with Crippen molar-refractivity contribution in [2.75, 3.05) is 0 Å². The molecule has 0 atom stereocenters. The summed E-state index contributed by atoms with van der Waals surface area (Å²) in [7, 11) is 0.0129. The van der Waals surface area contributed by atoms with Crippen LogP contribution in [0.3, 0.4) is 0 Å². The van der Waals surface area contributed by atoms with Gasteiger partial charge in [0.05, 0.1) is 46.1 Å². The molecule has 8 nitrogen and oxygen atoms in total. The molecule has 0 aliphatic carbocycles. The Hall–Kier alpha value is -5.12. The first-order valence-electron chi connectivity index (χ1n) is 14.5. The van der Waals surface area contributed by atoms with Crippen LogP contribution in [0.25, 0.3) is 22.5 Å². The molecule has 0 aliphatic rings. The van der Waals surface area contributed by atoms with E-state index in [1.54, 1.807) is 64.1 Å². The first-order valence-corrected chi connectivity index (χ1v) is 14.5. The standard InChI is InChI=1S/C36H33BN2O6/c1-35(2,42)36(3,4)45-37-28-20-26(33(40)43-29-15-17-31(38-22-29)24-11-7-5-8-12-24)19-27(21-28)34(41)44-30-16-18-32(39-23-30)25-13-9-6-10-14-25/h5-23,37,42H,1-4H3. The number of pyridine rings is 2. The summed E-state index contributed by atoms with van der Waals surface area (Å²) >= 11 is 0. The minimum atomic E-state index is -1.15. The Balaban J connectivity index is 1.37. The second kappa shape index (κ2) is 13.3. The molecule has 0 bridgehead atoms. The number of rotatable bonds is 10. The maximum atomic E-state index is 13.3. The van der Waals surface area contributed by atoms with Crippen LogP contribution in [-0.2, 0) is 4.65 Å². The number of carbonyl (C=O) groups is 2. The Kier molecular flexibility index (Phi) is 9.22. The van der Waals surface area contributed by atoms with Gasteiger partial charge in [0.1, 0.15) is 11.5 Å². The zero-order chi connectivity index (χ0) is 32.0. The van der Waals surface area contributed by atoms with E-state index >= 15 is 0 Å². The van der Waals surface area contributed by atoms with Crippen LogP contribution in [0.1, 0.15) is 48.4 Å². The molecule has 0 radical (unpaired) electrons. The number of aromatic nitrogens is 2. The number of ether oxygens (including phenoxy) is 2. The normalized spacial score (nSPS) is 11.5. The van der Waals surface area contributed by atoms with Crippen molar-refractivity contribution in [3.8, 4) is 34.0 Å². The van der Waals surface area contributed by atoms with Crippen molar-refractivity contribution in [1.82, 2.24) is 9.97 Å². The van der Waals surface area contributed by atoms with Crippen molar-refractivity contribution >= 4 is 24.9 Å². The minimum Gasteiger partial charge on any atom is -0.427 e. The molecule has 0 fully saturated rings. The predicted molar refractivity (Wildman–Crippen MR) is 174 cm³/mol. The van der Waals surface area contributed by atoms with Crippen LogP contribution in [0, 0.1) is 0 Å². The lowest BCUT2D eigenvalue weighted by Crippen LogP contribution is -2.49. The summed E-state index contributed by atoms with van der Waals surface area (Å²) in [6, 6.07) is 30.7. The van der Waals surface area contributed by atoms with Crippen molar-refractivity contribution in [3.05, 3.63) is 127 Å². The molecule has 0 spiro atoms. The van der Waals surface area contributed by atoms with Crippen LogP contribution in [0.2, 0.25) is 0 Å². The van der Waals surface area contributed by atoms with Gasteiger partial charge in [-0.25, -0.2) is 9.59 Å². The van der Waals surface area contributed by atoms with Crippen LogP contribution in [0.15, 0.2) is 116 Å². The Morgan fingerprint density at radius 2 is 1.09 bits per heavy atom. The highest BCUT2D eigenvalue weighted by Crippen LogP contribution is 2.25. The first kappa shape index (κ1) is 31.3. The molecule has 2 aromatic heterocycles. The number of benzene rings is 3. The van der Waals surface area contributed by atoms with Gasteiger partial charge < -0.3 is 19.2 Å². The molecule has 226 valence electrons. The van der Waals surface area contributed by atoms with Gasteiger partial charge in [-0.3, -0.25) is 9.97 Å². The Morgan fingerprint density at radius 1 is 0.644 bits per heavy atom. The molecule has 0 saturated carbocycles. The second-order valence-electron chi connectivity index (χ2n) is 11.5. The molecule has 1 N–H and O–H groups in total. The van der Waals surface area contributed by atoms with Gasteiger partial charge >= 0.3 is 19.4 Å². The van der Waals surface area contributed by atoms with Crippen LogP contribution < -0.4 is 14.9 Å². The summed E-state index contributed by atoms with van der Waals surface area (Å²) in [5.41, 5.74) is 2.02. The predicted octanol–water partition coefficient (Wildman–Crippen LogP) is 5.79. The van der Waals surface area contributed by atoms with Crippen LogP contribution in [0.4, 0.5) is 0 Å². The summed E-state index contributed by atoms with van der Waals surface area (Å²) in [6.45, 7) is 6.83. The van der Waals surface area contributed by atoms with Crippen molar-refractivity contribution in [3.63, 3.8) is 0 Å². The third-order valence-corrected chi connectivity index (χ3v) is 7.57. The van der Waals surface area contributed by atoms with E-state index in [4.69, 9.17) is 14.1 Å². The number of carbonyl (C=O) groups excluding carboxylic acids is 2. The van der Waals surface area contributed by atoms with Crippen LogP contribution >= 0.6 is 0 Å². The van der Waals surface area contributed by atoms with Crippen molar-refractivity contribution < 1.29 is 28.8 Å². The first-order chi connectivity index (χ1) is 21.5. The van der Waals surface area contributed by atoms with Crippen molar-refractivity contribution in [2.45, 2.75) is 38.9 Å². The van der Waals surface area contributed by atoms with Crippen molar-refractivity contribution in [1.29, 1.82) is 0 Å². The van der Waals surface area contributed by atoms with E-state index in [1.807, 2.05) is 60.7 Å². The average Bonchev–Trinajstić information content (AvgIpc) is 3.04. The zero-order valence-corrected chi connectivity index (χ0v) is 25.6. The third kappa shape index (κ3) is 7.89. The van der Waals surface area contributed by atoms with Gasteiger partial charge in [0.15, 0.2) is 0 Å². The van der Waals surface area contributed by atoms with Crippen molar-refractivity contribution in [2.24, 2.45) is 0 Å². The Labute approximate surface area is 262 Å². The van der Waals surface area contributed by atoms with Gasteiger partial charge in [0, 0.05) is 11.1 Å². The van der Waals surface area contributed by atoms with E-state index in [9.17, 15) is 14.7 Å². The van der Waals surface area contributed by atoms with E-state index in [1.165, 1.54) is 18.5 Å². The summed E-state index contributed by atoms with van der Waals surface area (Å²) in [5.74, 6) is -0.872. The number of hydrogen-bond acceptors (Lipinski definition) is 8. The highest BCUT2D eigenvalue weighted by molar-refractivity contribution is 6.47. The molecule has 2 heterocycles. The van der Waals surface area contributed by atoms with Gasteiger partial charge in [0.2, 0.25) is 0 Å². The Morgan fingerprint density at radius 3 is 1.47 bits per heavy atom. The molecular formula is C36H33BN2O6. The Bertz CT molecular complexity index is 1650. The number of esters is 2. The van der Waals surface area contributed by atoms with Crippen LogP contribution in [-0.4, -0.2) is 45.7 Å². The number of hydrogen-bond donors (Lipinski definition) is 1. The summed E-state index contributed by atoms with van der Waals surface area (Å²) in [5, 5.41) is 10.5. The summed E-state index contributed by atoms with van der Waals surface area (Å²) in [6.07, 6.45) is 2.95. The SMILES string of the molecule is CC(C)(O)C(C)(C)OBc1cc(C(=O)Oc2ccc(-c3ccccc3)nc2)cc(C(=O)Oc2ccc(-c3ccccc3)nc2)c1. The maximum Gasteiger partial charge on any atom is 0.343 e. The molecule has 0 aliphatic heterocycles. The highest BCUT2D eigenvalue weighted by atomic mass is 16.5. The van der Waals surface area contributed by atoms with Gasteiger partial charge in [-0.2, -0.15) is 0 Å². The van der Waals surface area contributed by atoms with E-state index in [0.717, 1.165) is 22.5 Å². The topological polar surface area (TPSA) is 108 Å². The largest absolute Gasteiger partial charge is 0.427 e. The van der Waals surface area contributed by atoms with E-state index in [-0.39, 0.29) is 30.1 Å². The fourth-order valence-electron chi connectivity index (χ4n) is 4.22. The summed E-state index contributed by atoms with van der Waals surface area (Å²) < 4.78 is 17.2. The fraction of sp³-hybridized carbons (Fsp3) is 0.167. The lowest BCUT2D eigenvalue weighted by atomic mass is 9.81. The molecular weight excluding hydrogens is 567 g/mol. The lowest BCUT2D eigenvalue weighted by Gasteiger charge is -2.37. The smallest absolute Gasteiger partial charge is 0.343 e. The minimum absolute atomic E-state index is 0.0129. The summed E-state index contributed by atoms with van der Waals surface area (Å²) in [4.78, 5) is 35.4. The molecule has 5 rings (SSSR count). The molecule has 0 unspecified atom stereocenters. The molecule has 9 heteroatoms. The number of nitrogens with zero attached hydrogens (tertiary/aromatic N) is 2. The number of aliphatic hydroxyl groups is 1. The average molecular weight is 600 g/mol. The van der Waals surface area contributed by atoms with Gasteiger partial charge in [0.25, 0.3) is 0 Å². The molecule has 5 aromatic rings. The second-order valence-corrected chi connectivity index (χ2v) is 11.5. The van der Waals surface area contributed by atoms with Gasteiger partial charge in [-0.15, -0.1) is 0 Å². The molecule has 45 heavy (non-hydrogen) atoms.